The van der Waals surface area contributed by atoms with Gasteiger partial charge in [-0.1, -0.05) is 24.3 Å². The van der Waals surface area contributed by atoms with Crippen molar-refractivity contribution < 1.29 is 13.2 Å². The maximum Gasteiger partial charge on any atom is 0.247 e. The number of nitrogens with one attached hydrogen (secondary N) is 2. The average molecular weight is 380 g/mol. The van der Waals surface area contributed by atoms with Crippen molar-refractivity contribution in [1.82, 2.24) is 10.3 Å². The van der Waals surface area contributed by atoms with Gasteiger partial charge >= 0.3 is 0 Å². The molecule has 1 aliphatic rings. The number of amides is 1. The number of aromatic nitrogens is 1. The first-order valence-corrected chi connectivity index (χ1v) is 10.8. The molecule has 2 heterocycles. The molecule has 0 bridgehead atoms. The van der Waals surface area contributed by atoms with Gasteiger partial charge in [0.2, 0.25) is 5.91 Å². The average Bonchev–Trinajstić information content (AvgIpc) is 3.03. The minimum Gasteiger partial charge on any atom is -0.317 e. The van der Waals surface area contributed by atoms with E-state index in [0.29, 0.717) is 18.2 Å². The van der Waals surface area contributed by atoms with Gasteiger partial charge in [0.05, 0.1) is 5.69 Å². The Morgan fingerprint density at radius 1 is 1.28 bits per heavy atom. The van der Waals surface area contributed by atoms with E-state index in [9.17, 15) is 13.2 Å². The fraction of sp³-hybridized carbons (Fsp3) is 0.412. The molecule has 2 aromatic rings. The number of thiazole rings is 1. The lowest BCUT2D eigenvalue weighted by Crippen LogP contribution is -2.55. The molecule has 0 aliphatic carbocycles. The van der Waals surface area contributed by atoms with Crippen molar-refractivity contribution in [1.29, 1.82) is 0 Å². The number of rotatable bonds is 4. The number of benzene rings is 1. The van der Waals surface area contributed by atoms with Crippen LogP contribution in [0.3, 0.4) is 0 Å². The predicted octanol–water partition coefficient (Wildman–Crippen LogP) is 2.22. The number of aryl methyl sites for hydroxylation is 1. The summed E-state index contributed by atoms with van der Waals surface area (Å²) in [5, 5.41) is 8.12. The third kappa shape index (κ3) is 3.47. The van der Waals surface area contributed by atoms with E-state index >= 15 is 0 Å². The van der Waals surface area contributed by atoms with Crippen LogP contribution in [0.4, 0.5) is 5.13 Å². The van der Waals surface area contributed by atoms with Crippen LogP contribution in [0.5, 0.6) is 0 Å². The smallest absolute Gasteiger partial charge is 0.247 e. The van der Waals surface area contributed by atoms with Crippen molar-refractivity contribution in [3.8, 4) is 11.3 Å². The number of carbonyl (C=O) groups is 1. The maximum absolute atomic E-state index is 12.8. The number of carbonyl (C=O) groups excluding carboxylic acids is 1. The van der Waals surface area contributed by atoms with Gasteiger partial charge in [0, 0.05) is 17.2 Å². The topological polar surface area (TPSA) is 88.2 Å². The molecule has 8 heteroatoms. The standard InChI is InChI=1S/C17H21N3O3S2/c1-12-5-3-4-6-13(12)14-11-24-16(19-14)20-15(21)17(25(2,22)23)7-9-18-10-8-17/h3-6,11,18H,7-10H2,1-2H3,(H,19,20,21). The summed E-state index contributed by atoms with van der Waals surface area (Å²) in [4.78, 5) is 17.3. The summed E-state index contributed by atoms with van der Waals surface area (Å²) in [5.41, 5.74) is 2.87. The van der Waals surface area contributed by atoms with E-state index < -0.39 is 20.5 Å². The van der Waals surface area contributed by atoms with Crippen molar-refractivity contribution in [2.24, 2.45) is 0 Å². The molecule has 6 nitrogen and oxygen atoms in total. The van der Waals surface area contributed by atoms with Gasteiger partial charge in [-0.25, -0.2) is 13.4 Å². The van der Waals surface area contributed by atoms with Crippen molar-refractivity contribution in [3.05, 3.63) is 35.2 Å². The Morgan fingerprint density at radius 3 is 2.60 bits per heavy atom. The summed E-state index contributed by atoms with van der Waals surface area (Å²) in [6.45, 7) is 3.01. The van der Waals surface area contributed by atoms with Crippen molar-refractivity contribution in [2.75, 3.05) is 24.7 Å². The molecule has 1 aromatic carbocycles. The van der Waals surface area contributed by atoms with Crippen LogP contribution >= 0.6 is 11.3 Å². The van der Waals surface area contributed by atoms with Crippen molar-refractivity contribution in [3.63, 3.8) is 0 Å². The molecule has 1 aliphatic heterocycles. The summed E-state index contributed by atoms with van der Waals surface area (Å²) in [6, 6.07) is 7.87. The molecule has 1 aromatic heterocycles. The highest BCUT2D eigenvalue weighted by Gasteiger charge is 2.48. The highest BCUT2D eigenvalue weighted by atomic mass is 32.2. The van der Waals surface area contributed by atoms with Crippen LogP contribution in [0, 0.1) is 6.92 Å². The van der Waals surface area contributed by atoms with Gasteiger partial charge in [-0.2, -0.15) is 0 Å². The van der Waals surface area contributed by atoms with Crippen LogP contribution < -0.4 is 10.6 Å². The molecule has 3 rings (SSSR count). The lowest BCUT2D eigenvalue weighted by Gasteiger charge is -2.33. The first-order valence-electron chi connectivity index (χ1n) is 8.07. The molecule has 1 amide bonds. The van der Waals surface area contributed by atoms with Crippen molar-refractivity contribution >= 4 is 32.2 Å². The Balaban J connectivity index is 1.85. The SMILES string of the molecule is Cc1ccccc1-c1csc(NC(=O)C2(S(C)(=O)=O)CCNCC2)n1. The normalized spacial score (nSPS) is 17.2. The third-order valence-corrected chi connectivity index (χ3v) is 7.45. The molecule has 25 heavy (non-hydrogen) atoms. The van der Waals surface area contributed by atoms with Gasteiger partial charge in [-0.15, -0.1) is 11.3 Å². The fourth-order valence-electron chi connectivity index (χ4n) is 3.12. The number of hydrogen-bond donors (Lipinski definition) is 2. The lowest BCUT2D eigenvalue weighted by atomic mass is 9.96. The second-order valence-electron chi connectivity index (χ2n) is 6.32. The largest absolute Gasteiger partial charge is 0.317 e. The maximum atomic E-state index is 12.8. The Bertz CT molecular complexity index is 884. The molecule has 0 atom stereocenters. The van der Waals surface area contributed by atoms with Gasteiger partial charge < -0.3 is 10.6 Å². The third-order valence-electron chi connectivity index (χ3n) is 4.68. The van der Waals surface area contributed by atoms with Gasteiger partial charge in [0.1, 0.15) is 0 Å². The molecule has 0 spiro atoms. The van der Waals surface area contributed by atoms with Gasteiger partial charge in [-0.3, -0.25) is 4.79 Å². The zero-order valence-electron chi connectivity index (χ0n) is 14.2. The molecular formula is C17H21N3O3S2. The Labute approximate surface area is 151 Å². The summed E-state index contributed by atoms with van der Waals surface area (Å²) < 4.78 is 23.2. The molecular weight excluding hydrogens is 358 g/mol. The van der Waals surface area contributed by atoms with E-state index in [2.05, 4.69) is 15.6 Å². The molecule has 1 saturated heterocycles. The summed E-state index contributed by atoms with van der Waals surface area (Å²) >= 11 is 1.30. The van der Waals surface area contributed by atoms with Crippen LogP contribution in [-0.2, 0) is 14.6 Å². The van der Waals surface area contributed by atoms with Crippen LogP contribution in [0.1, 0.15) is 18.4 Å². The number of nitrogens with zero attached hydrogens (tertiary/aromatic N) is 1. The van der Waals surface area contributed by atoms with Crippen molar-refractivity contribution in [2.45, 2.75) is 24.5 Å². The van der Waals surface area contributed by atoms with Gasteiger partial charge in [0.25, 0.3) is 0 Å². The Kier molecular flexibility index (Phi) is 4.95. The predicted molar refractivity (Wildman–Crippen MR) is 101 cm³/mol. The zero-order valence-corrected chi connectivity index (χ0v) is 15.8. The van der Waals surface area contributed by atoms with Crippen LogP contribution in [0.2, 0.25) is 0 Å². The lowest BCUT2D eigenvalue weighted by molar-refractivity contribution is -0.119. The second kappa shape index (κ2) is 6.86. The van der Waals surface area contributed by atoms with E-state index in [-0.39, 0.29) is 12.8 Å². The van der Waals surface area contributed by atoms with E-state index in [4.69, 9.17) is 0 Å². The summed E-state index contributed by atoms with van der Waals surface area (Å²) in [7, 11) is -3.53. The Morgan fingerprint density at radius 2 is 1.96 bits per heavy atom. The molecule has 1 fully saturated rings. The van der Waals surface area contributed by atoms with Crippen LogP contribution in [-0.4, -0.2) is 43.4 Å². The van der Waals surface area contributed by atoms with Gasteiger partial charge in [-0.05, 0) is 38.4 Å². The first-order chi connectivity index (χ1) is 11.8. The van der Waals surface area contributed by atoms with E-state index in [1.165, 1.54) is 11.3 Å². The monoisotopic (exact) mass is 379 g/mol. The number of hydrogen-bond acceptors (Lipinski definition) is 6. The minimum absolute atomic E-state index is 0.272. The van der Waals surface area contributed by atoms with E-state index in [0.717, 1.165) is 23.1 Å². The molecule has 2 N–H and O–H groups in total. The number of piperidine rings is 1. The zero-order chi connectivity index (χ0) is 18.1. The summed E-state index contributed by atoms with van der Waals surface area (Å²) in [6.07, 6.45) is 1.68. The molecule has 0 unspecified atom stereocenters. The molecule has 0 saturated carbocycles. The molecule has 134 valence electrons. The minimum atomic E-state index is -3.53. The summed E-state index contributed by atoms with van der Waals surface area (Å²) in [5.74, 6) is -0.484. The van der Waals surface area contributed by atoms with Gasteiger partial charge in [0.15, 0.2) is 19.7 Å². The first kappa shape index (κ1) is 18.0. The van der Waals surface area contributed by atoms with Crippen LogP contribution in [0.15, 0.2) is 29.6 Å². The molecule has 0 radical (unpaired) electrons. The number of anilines is 1. The van der Waals surface area contributed by atoms with E-state index in [1.807, 2.05) is 36.6 Å². The quantitative estimate of drug-likeness (QED) is 0.850. The second-order valence-corrected chi connectivity index (χ2v) is 9.51. The fourth-order valence-corrected chi connectivity index (χ4v) is 5.16. The number of sulfone groups is 1. The van der Waals surface area contributed by atoms with E-state index in [1.54, 1.807) is 0 Å². The van der Waals surface area contributed by atoms with Crippen LogP contribution in [0.25, 0.3) is 11.3 Å². The highest BCUT2D eigenvalue weighted by Crippen LogP contribution is 2.31. The Hall–Kier alpha value is -1.77. The highest BCUT2D eigenvalue weighted by molar-refractivity contribution is 7.92.